The molecule has 1 atom stereocenters. The normalized spacial score (nSPS) is 36.0. The molecule has 5 nitrogen and oxygen atoms in total. The zero-order valence-electron chi connectivity index (χ0n) is 14.0. The standard InChI is InChI=1S/C19H26N2O3/c22-17(20-16-10-18(11-16)7-9-24-14-18)19(23)6-8-21(13-19)12-15-4-2-1-3-5-15/h1-5,16,23H,6-14H2,(H,20,22). The summed E-state index contributed by atoms with van der Waals surface area (Å²) in [7, 11) is 0. The molecule has 1 unspecified atom stereocenters. The molecule has 1 saturated carbocycles. The molecule has 2 N–H and O–H groups in total. The Kier molecular flexibility index (Phi) is 4.11. The fourth-order valence-corrected chi connectivity index (χ4v) is 4.41. The van der Waals surface area contributed by atoms with E-state index < -0.39 is 5.60 Å². The van der Waals surface area contributed by atoms with Crippen molar-refractivity contribution >= 4 is 5.91 Å². The molecular weight excluding hydrogens is 304 g/mol. The Morgan fingerprint density at radius 3 is 2.79 bits per heavy atom. The Morgan fingerprint density at radius 2 is 2.08 bits per heavy atom. The lowest BCUT2D eigenvalue weighted by Gasteiger charge is -2.45. The number of hydrogen-bond acceptors (Lipinski definition) is 4. The van der Waals surface area contributed by atoms with Gasteiger partial charge in [-0.1, -0.05) is 30.3 Å². The third-order valence-electron chi connectivity index (χ3n) is 5.88. The first-order chi connectivity index (χ1) is 11.6. The molecule has 24 heavy (non-hydrogen) atoms. The number of carbonyl (C=O) groups is 1. The van der Waals surface area contributed by atoms with Crippen molar-refractivity contribution in [2.24, 2.45) is 5.41 Å². The second kappa shape index (κ2) is 6.14. The van der Waals surface area contributed by atoms with Crippen molar-refractivity contribution in [3.8, 4) is 0 Å². The zero-order valence-corrected chi connectivity index (χ0v) is 14.0. The number of ether oxygens (including phenoxy) is 1. The summed E-state index contributed by atoms with van der Waals surface area (Å²) in [5, 5.41) is 13.8. The average molecular weight is 330 g/mol. The molecule has 4 rings (SSSR count). The Balaban J connectivity index is 1.28. The maximum Gasteiger partial charge on any atom is 0.253 e. The molecule has 2 heterocycles. The summed E-state index contributed by atoms with van der Waals surface area (Å²) in [5.41, 5.74) is 0.267. The van der Waals surface area contributed by atoms with Crippen LogP contribution in [0.5, 0.6) is 0 Å². The van der Waals surface area contributed by atoms with Gasteiger partial charge in [-0.2, -0.15) is 0 Å². The lowest BCUT2D eigenvalue weighted by Crippen LogP contribution is -2.57. The van der Waals surface area contributed by atoms with Crippen LogP contribution < -0.4 is 5.32 Å². The fraction of sp³-hybridized carbons (Fsp3) is 0.632. The van der Waals surface area contributed by atoms with Gasteiger partial charge in [0.2, 0.25) is 0 Å². The molecule has 1 spiro atoms. The average Bonchev–Trinajstić information content (AvgIpc) is 3.16. The number of likely N-dealkylation sites (tertiary alicyclic amines) is 1. The molecule has 2 saturated heterocycles. The summed E-state index contributed by atoms with van der Waals surface area (Å²) in [5.74, 6) is -0.197. The van der Waals surface area contributed by atoms with Gasteiger partial charge in [0.1, 0.15) is 0 Å². The van der Waals surface area contributed by atoms with E-state index in [4.69, 9.17) is 4.74 Å². The van der Waals surface area contributed by atoms with Crippen LogP contribution in [0.1, 0.15) is 31.2 Å². The van der Waals surface area contributed by atoms with Crippen molar-refractivity contribution in [2.75, 3.05) is 26.3 Å². The van der Waals surface area contributed by atoms with Gasteiger partial charge in [0.25, 0.3) is 5.91 Å². The zero-order chi connectivity index (χ0) is 16.6. The second-order valence-electron chi connectivity index (χ2n) is 7.86. The number of nitrogens with one attached hydrogen (secondary N) is 1. The smallest absolute Gasteiger partial charge is 0.253 e. The number of amides is 1. The molecule has 0 radical (unpaired) electrons. The largest absolute Gasteiger partial charge is 0.381 e. The molecule has 0 bridgehead atoms. The van der Waals surface area contributed by atoms with Gasteiger partial charge in [0, 0.05) is 32.3 Å². The quantitative estimate of drug-likeness (QED) is 0.874. The molecule has 2 aliphatic heterocycles. The van der Waals surface area contributed by atoms with E-state index in [0.29, 0.717) is 18.4 Å². The highest BCUT2D eigenvalue weighted by molar-refractivity contribution is 5.86. The van der Waals surface area contributed by atoms with E-state index in [1.54, 1.807) is 0 Å². The monoisotopic (exact) mass is 330 g/mol. The summed E-state index contributed by atoms with van der Waals surface area (Å²) in [6, 6.07) is 10.4. The third-order valence-corrected chi connectivity index (χ3v) is 5.88. The lowest BCUT2D eigenvalue weighted by molar-refractivity contribution is -0.141. The number of benzene rings is 1. The van der Waals surface area contributed by atoms with E-state index in [-0.39, 0.29) is 11.9 Å². The van der Waals surface area contributed by atoms with E-state index in [1.165, 1.54) is 5.56 Å². The highest BCUT2D eigenvalue weighted by Gasteiger charge is 2.50. The molecule has 1 amide bonds. The first-order valence-corrected chi connectivity index (χ1v) is 8.94. The van der Waals surface area contributed by atoms with Crippen LogP contribution in [0.2, 0.25) is 0 Å². The van der Waals surface area contributed by atoms with E-state index >= 15 is 0 Å². The highest BCUT2D eigenvalue weighted by atomic mass is 16.5. The minimum atomic E-state index is -1.25. The van der Waals surface area contributed by atoms with E-state index in [9.17, 15) is 9.90 Å². The number of carbonyl (C=O) groups excluding carboxylic acids is 1. The summed E-state index contributed by atoms with van der Waals surface area (Å²) in [6.45, 7) is 3.61. The number of nitrogens with zero attached hydrogens (tertiary/aromatic N) is 1. The van der Waals surface area contributed by atoms with E-state index in [1.807, 2.05) is 18.2 Å². The summed E-state index contributed by atoms with van der Waals surface area (Å²) < 4.78 is 5.48. The van der Waals surface area contributed by atoms with Crippen LogP contribution in [0.4, 0.5) is 0 Å². The Labute approximate surface area is 143 Å². The molecule has 5 heteroatoms. The van der Waals surface area contributed by atoms with Crippen molar-refractivity contribution in [1.82, 2.24) is 10.2 Å². The van der Waals surface area contributed by atoms with Crippen LogP contribution in [0.15, 0.2) is 30.3 Å². The van der Waals surface area contributed by atoms with Crippen molar-refractivity contribution < 1.29 is 14.6 Å². The molecule has 3 fully saturated rings. The van der Waals surface area contributed by atoms with Crippen molar-refractivity contribution in [2.45, 2.75) is 43.9 Å². The number of aliphatic hydroxyl groups is 1. The van der Waals surface area contributed by atoms with Crippen molar-refractivity contribution in [3.05, 3.63) is 35.9 Å². The van der Waals surface area contributed by atoms with E-state index in [2.05, 4.69) is 22.3 Å². The molecule has 3 aliphatic rings. The Bertz CT molecular complexity index is 592. The molecule has 130 valence electrons. The highest BCUT2D eigenvalue weighted by Crippen LogP contribution is 2.47. The van der Waals surface area contributed by atoms with Gasteiger partial charge in [0.05, 0.1) is 6.61 Å². The maximum absolute atomic E-state index is 12.6. The SMILES string of the molecule is O=C(NC1CC2(CCOC2)C1)C1(O)CCN(Cc2ccccc2)C1. The van der Waals surface area contributed by atoms with Crippen LogP contribution in [-0.4, -0.2) is 53.9 Å². The number of hydrogen-bond donors (Lipinski definition) is 2. The summed E-state index contributed by atoms with van der Waals surface area (Å²) in [6.07, 6.45) is 3.59. The van der Waals surface area contributed by atoms with Gasteiger partial charge in [-0.05, 0) is 36.7 Å². The number of rotatable bonds is 4. The minimum absolute atomic E-state index is 0.197. The van der Waals surface area contributed by atoms with Gasteiger partial charge in [0.15, 0.2) is 5.60 Å². The summed E-state index contributed by atoms with van der Waals surface area (Å²) >= 11 is 0. The van der Waals surface area contributed by atoms with Gasteiger partial charge in [-0.15, -0.1) is 0 Å². The van der Waals surface area contributed by atoms with Crippen molar-refractivity contribution in [3.63, 3.8) is 0 Å². The van der Waals surface area contributed by atoms with Crippen LogP contribution in [0.25, 0.3) is 0 Å². The molecule has 0 aromatic heterocycles. The van der Waals surface area contributed by atoms with Gasteiger partial charge < -0.3 is 15.2 Å². The Hall–Kier alpha value is -1.43. The number of β-amino-alcohol motifs (C(OH)–C–C–N with tert-alkyl or cyclic N) is 1. The Morgan fingerprint density at radius 1 is 1.29 bits per heavy atom. The fourth-order valence-electron chi connectivity index (χ4n) is 4.41. The first-order valence-electron chi connectivity index (χ1n) is 8.94. The molecule has 1 aromatic carbocycles. The van der Waals surface area contributed by atoms with Crippen LogP contribution in [-0.2, 0) is 16.1 Å². The first kappa shape index (κ1) is 16.1. The third kappa shape index (κ3) is 3.08. The minimum Gasteiger partial charge on any atom is -0.381 e. The predicted molar refractivity (Wildman–Crippen MR) is 90.3 cm³/mol. The van der Waals surface area contributed by atoms with Crippen LogP contribution in [0, 0.1) is 5.41 Å². The molecule has 1 aliphatic carbocycles. The van der Waals surface area contributed by atoms with Gasteiger partial charge in [-0.25, -0.2) is 0 Å². The van der Waals surface area contributed by atoms with Crippen LogP contribution >= 0.6 is 0 Å². The van der Waals surface area contributed by atoms with Crippen LogP contribution in [0.3, 0.4) is 0 Å². The van der Waals surface area contributed by atoms with Crippen molar-refractivity contribution in [1.29, 1.82) is 0 Å². The van der Waals surface area contributed by atoms with Gasteiger partial charge in [-0.3, -0.25) is 9.69 Å². The predicted octanol–water partition coefficient (Wildman–Crippen LogP) is 1.31. The second-order valence-corrected chi connectivity index (χ2v) is 7.86. The molecule has 1 aromatic rings. The molecular formula is C19H26N2O3. The maximum atomic E-state index is 12.6. The summed E-state index contributed by atoms with van der Waals surface area (Å²) in [4.78, 5) is 14.7. The van der Waals surface area contributed by atoms with E-state index in [0.717, 1.165) is 45.6 Å². The lowest BCUT2D eigenvalue weighted by atomic mass is 9.65. The topological polar surface area (TPSA) is 61.8 Å². The van der Waals surface area contributed by atoms with Gasteiger partial charge >= 0.3 is 0 Å².